The second kappa shape index (κ2) is 5.40. The van der Waals surface area contributed by atoms with E-state index in [1.165, 1.54) is 19.3 Å². The number of hydrogen-bond donors (Lipinski definition) is 1. The molecule has 106 valence electrons. The Morgan fingerprint density at radius 1 is 1.26 bits per heavy atom. The molecule has 1 aliphatic rings. The molecule has 1 heterocycles. The lowest BCUT2D eigenvalue weighted by Gasteiger charge is -2.40. The van der Waals surface area contributed by atoms with Crippen molar-refractivity contribution in [2.75, 3.05) is 0 Å². The normalized spacial score (nSPS) is 24.2. The Morgan fingerprint density at radius 2 is 1.95 bits per heavy atom. The van der Waals surface area contributed by atoms with Gasteiger partial charge in [0.2, 0.25) is 0 Å². The molecule has 3 nitrogen and oxygen atoms in total. The molecule has 1 aromatic rings. The molecule has 0 aliphatic heterocycles. The van der Waals surface area contributed by atoms with E-state index in [-0.39, 0.29) is 17.4 Å². The summed E-state index contributed by atoms with van der Waals surface area (Å²) in [6, 6.07) is 3.85. The van der Waals surface area contributed by atoms with Crippen molar-refractivity contribution in [2.24, 2.45) is 11.3 Å². The van der Waals surface area contributed by atoms with Gasteiger partial charge in [-0.2, -0.15) is 0 Å². The Morgan fingerprint density at radius 3 is 2.53 bits per heavy atom. The third-order valence-corrected chi connectivity index (χ3v) is 4.16. The van der Waals surface area contributed by atoms with E-state index < -0.39 is 0 Å². The van der Waals surface area contributed by atoms with Crippen LogP contribution in [0, 0.1) is 18.3 Å². The molecular weight excluding hydrogens is 238 g/mol. The summed E-state index contributed by atoms with van der Waals surface area (Å²) < 4.78 is 5.40. The summed E-state index contributed by atoms with van der Waals surface area (Å²) >= 11 is 0. The van der Waals surface area contributed by atoms with E-state index in [9.17, 15) is 4.79 Å². The smallest absolute Gasteiger partial charge is 0.287 e. The topological polar surface area (TPSA) is 42.2 Å². The van der Waals surface area contributed by atoms with Gasteiger partial charge < -0.3 is 9.73 Å². The predicted octanol–water partition coefficient (Wildman–Crippen LogP) is 3.92. The molecule has 3 heteroatoms. The molecule has 2 rings (SSSR count). The number of nitrogens with one attached hydrogen (secondary N) is 1. The Hall–Kier alpha value is -1.25. The summed E-state index contributed by atoms with van der Waals surface area (Å²) in [7, 11) is 0. The van der Waals surface area contributed by atoms with Crippen LogP contribution in [0.5, 0.6) is 0 Å². The van der Waals surface area contributed by atoms with Gasteiger partial charge in [0.05, 0.1) is 0 Å². The molecule has 1 fully saturated rings. The van der Waals surface area contributed by atoms with Gasteiger partial charge in [-0.05, 0) is 43.2 Å². The van der Waals surface area contributed by atoms with Crippen molar-refractivity contribution in [3.8, 4) is 0 Å². The number of aryl methyl sites for hydroxylation is 1. The second-order valence-corrected chi connectivity index (χ2v) is 6.75. The lowest BCUT2D eigenvalue weighted by Crippen LogP contribution is -2.46. The molecule has 19 heavy (non-hydrogen) atoms. The van der Waals surface area contributed by atoms with Gasteiger partial charge in [0.1, 0.15) is 5.76 Å². The number of rotatable bonds is 2. The Kier molecular flexibility index (Phi) is 4.02. The van der Waals surface area contributed by atoms with E-state index in [0.29, 0.717) is 11.7 Å². The van der Waals surface area contributed by atoms with Gasteiger partial charge in [-0.1, -0.05) is 33.6 Å². The largest absolute Gasteiger partial charge is 0.456 e. The van der Waals surface area contributed by atoms with Crippen molar-refractivity contribution in [3.05, 3.63) is 23.7 Å². The number of hydrogen-bond acceptors (Lipinski definition) is 2. The number of carbonyl (C=O) groups is 1. The molecule has 1 saturated carbocycles. The van der Waals surface area contributed by atoms with Gasteiger partial charge in [-0.3, -0.25) is 4.79 Å². The Bertz CT molecular complexity index is 442. The summed E-state index contributed by atoms with van der Waals surface area (Å²) in [6.45, 7) is 8.65. The molecule has 1 N–H and O–H groups in total. The fraction of sp³-hybridized carbons (Fsp3) is 0.688. The van der Waals surface area contributed by atoms with Crippen molar-refractivity contribution < 1.29 is 9.21 Å². The monoisotopic (exact) mass is 263 g/mol. The van der Waals surface area contributed by atoms with Crippen LogP contribution in [0.1, 0.15) is 62.8 Å². The summed E-state index contributed by atoms with van der Waals surface area (Å²) in [5.41, 5.74) is 0.234. The highest BCUT2D eigenvalue weighted by atomic mass is 16.3. The first-order valence-electron chi connectivity index (χ1n) is 7.25. The van der Waals surface area contributed by atoms with Gasteiger partial charge >= 0.3 is 0 Å². The lowest BCUT2D eigenvalue weighted by atomic mass is 9.69. The van der Waals surface area contributed by atoms with Crippen LogP contribution in [0.15, 0.2) is 16.5 Å². The van der Waals surface area contributed by atoms with Gasteiger partial charge in [0.25, 0.3) is 5.91 Å². The third-order valence-electron chi connectivity index (χ3n) is 4.16. The molecule has 2 atom stereocenters. The highest BCUT2D eigenvalue weighted by Gasteiger charge is 2.35. The van der Waals surface area contributed by atoms with Crippen LogP contribution in [-0.2, 0) is 0 Å². The summed E-state index contributed by atoms with van der Waals surface area (Å²) in [5, 5.41) is 3.17. The van der Waals surface area contributed by atoms with Gasteiger partial charge in [0, 0.05) is 6.04 Å². The van der Waals surface area contributed by atoms with E-state index in [0.717, 1.165) is 12.2 Å². The van der Waals surface area contributed by atoms with Crippen molar-refractivity contribution in [2.45, 2.75) is 59.4 Å². The minimum absolute atomic E-state index is 0.0748. The van der Waals surface area contributed by atoms with E-state index in [1.54, 1.807) is 6.07 Å². The van der Waals surface area contributed by atoms with Crippen molar-refractivity contribution in [1.29, 1.82) is 0 Å². The highest BCUT2D eigenvalue weighted by molar-refractivity contribution is 5.91. The molecule has 2 unspecified atom stereocenters. The van der Waals surface area contributed by atoms with Crippen LogP contribution in [0.3, 0.4) is 0 Å². The zero-order chi connectivity index (χ0) is 14.0. The number of carbonyl (C=O) groups excluding carboxylic acids is 1. The molecule has 0 bridgehead atoms. The van der Waals surface area contributed by atoms with E-state index in [1.807, 2.05) is 13.0 Å². The predicted molar refractivity (Wildman–Crippen MR) is 76.1 cm³/mol. The quantitative estimate of drug-likeness (QED) is 0.878. The van der Waals surface area contributed by atoms with Gasteiger partial charge in [0.15, 0.2) is 5.76 Å². The van der Waals surface area contributed by atoms with Gasteiger partial charge in [-0.25, -0.2) is 0 Å². The lowest BCUT2D eigenvalue weighted by molar-refractivity contribution is 0.0803. The molecule has 1 aliphatic carbocycles. The zero-order valence-corrected chi connectivity index (χ0v) is 12.5. The van der Waals surface area contributed by atoms with Crippen LogP contribution in [0.2, 0.25) is 0 Å². The third kappa shape index (κ3) is 3.40. The molecule has 1 amide bonds. The molecule has 1 aromatic heterocycles. The maximum absolute atomic E-state index is 12.2. The summed E-state index contributed by atoms with van der Waals surface area (Å²) in [6.07, 6.45) is 4.75. The molecule has 0 spiro atoms. The maximum Gasteiger partial charge on any atom is 0.287 e. The van der Waals surface area contributed by atoms with Crippen LogP contribution in [-0.4, -0.2) is 11.9 Å². The van der Waals surface area contributed by atoms with E-state index in [2.05, 4.69) is 26.1 Å². The molecule has 0 radical (unpaired) electrons. The number of amides is 1. The Balaban J connectivity index is 2.05. The summed E-state index contributed by atoms with van der Waals surface area (Å²) in [5.74, 6) is 1.67. The first-order chi connectivity index (χ1) is 8.88. The number of furan rings is 1. The highest BCUT2D eigenvalue weighted by Crippen LogP contribution is 2.38. The summed E-state index contributed by atoms with van der Waals surface area (Å²) in [4.78, 5) is 12.2. The fourth-order valence-electron chi connectivity index (χ4n) is 3.14. The van der Waals surface area contributed by atoms with Crippen LogP contribution in [0.25, 0.3) is 0 Å². The van der Waals surface area contributed by atoms with Crippen molar-refractivity contribution in [3.63, 3.8) is 0 Å². The van der Waals surface area contributed by atoms with E-state index in [4.69, 9.17) is 4.42 Å². The van der Waals surface area contributed by atoms with E-state index >= 15 is 0 Å². The van der Waals surface area contributed by atoms with Crippen LogP contribution < -0.4 is 5.32 Å². The molecule has 0 aromatic carbocycles. The standard InChI is InChI=1S/C16H25NO2/c1-11-9-10-14(19-11)15(18)17-13-8-6-5-7-12(13)16(2,3)4/h9-10,12-13H,5-8H2,1-4H3,(H,17,18). The van der Waals surface area contributed by atoms with Crippen LogP contribution >= 0.6 is 0 Å². The van der Waals surface area contributed by atoms with Crippen molar-refractivity contribution in [1.82, 2.24) is 5.32 Å². The second-order valence-electron chi connectivity index (χ2n) is 6.75. The zero-order valence-electron chi connectivity index (χ0n) is 12.5. The SMILES string of the molecule is Cc1ccc(C(=O)NC2CCCCC2C(C)(C)C)o1. The Labute approximate surface area is 115 Å². The minimum Gasteiger partial charge on any atom is -0.456 e. The average molecular weight is 263 g/mol. The first kappa shape index (κ1) is 14.2. The fourth-order valence-corrected chi connectivity index (χ4v) is 3.14. The van der Waals surface area contributed by atoms with Crippen LogP contribution in [0.4, 0.5) is 0 Å². The molecule has 0 saturated heterocycles. The van der Waals surface area contributed by atoms with Crippen molar-refractivity contribution >= 4 is 5.91 Å². The minimum atomic E-state index is -0.0748. The molecular formula is C16H25NO2. The maximum atomic E-state index is 12.2. The first-order valence-corrected chi connectivity index (χ1v) is 7.25. The average Bonchev–Trinajstić information content (AvgIpc) is 2.75. The van der Waals surface area contributed by atoms with Gasteiger partial charge in [-0.15, -0.1) is 0 Å².